The summed E-state index contributed by atoms with van der Waals surface area (Å²) in [5, 5.41) is 2.32. The van der Waals surface area contributed by atoms with Crippen LogP contribution in [0.25, 0.3) is 0 Å². The van der Waals surface area contributed by atoms with Crippen molar-refractivity contribution in [2.24, 2.45) is 0 Å². The Balaban J connectivity index is 1.96. The number of fused-ring (bicyclic) bond motifs is 1. The molecule has 0 aliphatic carbocycles. The Morgan fingerprint density at radius 2 is 2.11 bits per heavy atom. The van der Waals surface area contributed by atoms with Gasteiger partial charge in [-0.2, -0.15) is 0 Å². The van der Waals surface area contributed by atoms with E-state index in [1.54, 1.807) is 4.90 Å². The van der Waals surface area contributed by atoms with E-state index in [4.69, 9.17) is 11.6 Å². The number of halogens is 1. The molecule has 2 rings (SSSR count). The highest BCUT2D eigenvalue weighted by molar-refractivity contribution is 6.28. The van der Waals surface area contributed by atoms with Crippen LogP contribution in [0.15, 0.2) is 0 Å². The molecule has 2 saturated heterocycles. The molecule has 2 aliphatic heterocycles. The first-order valence-corrected chi connectivity index (χ1v) is 7.05. The van der Waals surface area contributed by atoms with Crippen LogP contribution in [0.2, 0.25) is 0 Å². The molecule has 102 valence electrons. The Kier molecular flexibility index (Phi) is 4.45. The molecule has 0 spiro atoms. The van der Waals surface area contributed by atoms with Crippen molar-refractivity contribution in [2.75, 3.05) is 25.5 Å². The SMILES string of the molecule is CC1CN2CCCCC2CN1C(=O)NC(=O)CCl. The first-order chi connectivity index (χ1) is 8.61. The standard InChI is InChI=1S/C12H20ClN3O2/c1-9-7-15-5-3-2-4-10(15)8-16(9)12(18)14-11(17)6-13/h9-10H,2-8H2,1H3,(H,14,17,18). The molecule has 18 heavy (non-hydrogen) atoms. The van der Waals surface area contributed by atoms with Crippen molar-refractivity contribution >= 4 is 23.5 Å². The number of carbonyl (C=O) groups is 2. The highest BCUT2D eigenvalue weighted by Crippen LogP contribution is 2.23. The van der Waals surface area contributed by atoms with Gasteiger partial charge < -0.3 is 4.90 Å². The number of nitrogens with zero attached hydrogens (tertiary/aromatic N) is 2. The van der Waals surface area contributed by atoms with Gasteiger partial charge in [0.1, 0.15) is 5.88 Å². The first kappa shape index (κ1) is 13.6. The Morgan fingerprint density at radius 3 is 2.83 bits per heavy atom. The van der Waals surface area contributed by atoms with Crippen molar-refractivity contribution in [2.45, 2.75) is 38.3 Å². The highest BCUT2D eigenvalue weighted by Gasteiger charge is 2.35. The fourth-order valence-electron chi connectivity index (χ4n) is 2.86. The fourth-order valence-corrected chi connectivity index (χ4v) is 2.93. The van der Waals surface area contributed by atoms with Gasteiger partial charge in [0.25, 0.3) is 0 Å². The average Bonchev–Trinajstić information content (AvgIpc) is 2.37. The zero-order valence-corrected chi connectivity index (χ0v) is 11.4. The smallest absolute Gasteiger partial charge is 0.319 e. The molecule has 6 heteroatoms. The van der Waals surface area contributed by atoms with Crippen LogP contribution in [0.5, 0.6) is 0 Å². The summed E-state index contributed by atoms with van der Waals surface area (Å²) in [5.74, 6) is -0.608. The van der Waals surface area contributed by atoms with Gasteiger partial charge in [0.2, 0.25) is 5.91 Å². The number of hydrogen-bond donors (Lipinski definition) is 1. The number of hydrogen-bond acceptors (Lipinski definition) is 3. The van der Waals surface area contributed by atoms with Gasteiger partial charge in [0.15, 0.2) is 0 Å². The summed E-state index contributed by atoms with van der Waals surface area (Å²) in [5.41, 5.74) is 0. The number of piperazine rings is 1. The monoisotopic (exact) mass is 273 g/mol. The molecule has 2 fully saturated rings. The summed E-state index contributed by atoms with van der Waals surface area (Å²) >= 11 is 5.39. The summed E-state index contributed by atoms with van der Waals surface area (Å²) in [6.07, 6.45) is 3.62. The quantitative estimate of drug-likeness (QED) is 0.726. The van der Waals surface area contributed by atoms with Crippen LogP contribution in [0.1, 0.15) is 26.2 Å². The number of carbonyl (C=O) groups excluding carboxylic acids is 2. The molecule has 0 radical (unpaired) electrons. The third-order valence-electron chi connectivity index (χ3n) is 3.82. The second-order valence-electron chi connectivity index (χ2n) is 5.13. The lowest BCUT2D eigenvalue weighted by atomic mass is 9.97. The first-order valence-electron chi connectivity index (χ1n) is 6.52. The van der Waals surface area contributed by atoms with Gasteiger partial charge >= 0.3 is 6.03 Å². The summed E-state index contributed by atoms with van der Waals surface area (Å²) in [6.45, 7) is 4.76. The van der Waals surface area contributed by atoms with Gasteiger partial charge in [0.05, 0.1) is 0 Å². The highest BCUT2D eigenvalue weighted by atomic mass is 35.5. The molecule has 2 aliphatic rings. The molecule has 2 unspecified atom stereocenters. The number of imide groups is 1. The number of nitrogens with one attached hydrogen (secondary N) is 1. The summed E-state index contributed by atoms with van der Waals surface area (Å²) < 4.78 is 0. The lowest BCUT2D eigenvalue weighted by Crippen LogP contribution is -2.62. The van der Waals surface area contributed by atoms with Crippen LogP contribution in [-0.2, 0) is 4.79 Å². The second kappa shape index (κ2) is 5.89. The third kappa shape index (κ3) is 2.95. The predicted molar refractivity (Wildman–Crippen MR) is 69.6 cm³/mol. The van der Waals surface area contributed by atoms with E-state index < -0.39 is 5.91 Å². The lowest BCUT2D eigenvalue weighted by Gasteiger charge is -2.47. The van der Waals surface area contributed by atoms with Gasteiger partial charge in [-0.25, -0.2) is 4.79 Å². The van der Waals surface area contributed by atoms with E-state index in [1.807, 2.05) is 6.92 Å². The van der Waals surface area contributed by atoms with Crippen LogP contribution in [0, 0.1) is 0 Å². The maximum Gasteiger partial charge on any atom is 0.324 e. The van der Waals surface area contributed by atoms with Crippen LogP contribution >= 0.6 is 11.6 Å². The van der Waals surface area contributed by atoms with E-state index in [2.05, 4.69) is 10.2 Å². The molecule has 0 saturated carbocycles. The minimum atomic E-state index is -0.431. The van der Waals surface area contributed by atoms with E-state index in [9.17, 15) is 9.59 Å². The maximum absolute atomic E-state index is 12.0. The van der Waals surface area contributed by atoms with Gasteiger partial charge in [-0.05, 0) is 26.3 Å². The van der Waals surface area contributed by atoms with E-state index in [1.165, 1.54) is 12.8 Å². The molecule has 2 atom stereocenters. The molecule has 0 bridgehead atoms. The van der Waals surface area contributed by atoms with E-state index in [-0.39, 0.29) is 18.0 Å². The van der Waals surface area contributed by atoms with Crippen molar-refractivity contribution in [3.8, 4) is 0 Å². The molecule has 5 nitrogen and oxygen atoms in total. The minimum absolute atomic E-state index is 0.141. The topological polar surface area (TPSA) is 52.6 Å². The summed E-state index contributed by atoms with van der Waals surface area (Å²) in [6, 6.07) is 0.285. The summed E-state index contributed by atoms with van der Waals surface area (Å²) in [7, 11) is 0. The van der Waals surface area contributed by atoms with Gasteiger partial charge in [0, 0.05) is 25.2 Å². The largest absolute Gasteiger partial charge is 0.324 e. The molecule has 1 N–H and O–H groups in total. The van der Waals surface area contributed by atoms with Gasteiger partial charge in [-0.15, -0.1) is 11.6 Å². The van der Waals surface area contributed by atoms with Crippen LogP contribution < -0.4 is 5.32 Å². The van der Waals surface area contributed by atoms with E-state index in [0.717, 1.165) is 19.5 Å². The number of rotatable bonds is 1. The van der Waals surface area contributed by atoms with Crippen molar-refractivity contribution < 1.29 is 9.59 Å². The Bertz CT molecular complexity index is 337. The molecule has 0 aromatic heterocycles. The molecule has 3 amide bonds. The number of amides is 3. The predicted octanol–water partition coefficient (Wildman–Crippen LogP) is 1.02. The fraction of sp³-hybridized carbons (Fsp3) is 0.833. The second-order valence-corrected chi connectivity index (χ2v) is 5.40. The Labute approximate surface area is 112 Å². The Morgan fingerprint density at radius 1 is 1.33 bits per heavy atom. The van der Waals surface area contributed by atoms with Crippen LogP contribution in [0.3, 0.4) is 0 Å². The molecular weight excluding hydrogens is 254 g/mol. The van der Waals surface area contributed by atoms with Gasteiger partial charge in [-0.3, -0.25) is 15.0 Å². The van der Waals surface area contributed by atoms with Crippen molar-refractivity contribution in [1.82, 2.24) is 15.1 Å². The van der Waals surface area contributed by atoms with Crippen LogP contribution in [-0.4, -0.2) is 59.3 Å². The van der Waals surface area contributed by atoms with E-state index in [0.29, 0.717) is 12.6 Å². The van der Waals surface area contributed by atoms with Crippen LogP contribution in [0.4, 0.5) is 4.79 Å². The Hall–Kier alpha value is -0.810. The normalized spacial score (nSPS) is 28.7. The third-order valence-corrected chi connectivity index (χ3v) is 4.06. The van der Waals surface area contributed by atoms with Gasteiger partial charge in [-0.1, -0.05) is 6.42 Å². The maximum atomic E-state index is 12.0. The molecular formula is C12H20ClN3O2. The summed E-state index contributed by atoms with van der Waals surface area (Å²) in [4.78, 5) is 27.3. The molecule has 0 aromatic rings. The van der Waals surface area contributed by atoms with Crippen molar-refractivity contribution in [3.63, 3.8) is 0 Å². The minimum Gasteiger partial charge on any atom is -0.319 e. The number of piperidine rings is 1. The number of urea groups is 1. The van der Waals surface area contributed by atoms with Crippen molar-refractivity contribution in [1.29, 1.82) is 0 Å². The average molecular weight is 274 g/mol. The van der Waals surface area contributed by atoms with Crippen molar-refractivity contribution in [3.05, 3.63) is 0 Å². The zero-order valence-electron chi connectivity index (χ0n) is 10.7. The molecule has 0 aromatic carbocycles. The van der Waals surface area contributed by atoms with E-state index >= 15 is 0 Å². The number of alkyl halides is 1. The lowest BCUT2D eigenvalue weighted by molar-refractivity contribution is -0.117. The zero-order chi connectivity index (χ0) is 13.1. The molecule has 2 heterocycles.